The molecule has 1 atom stereocenters. The zero-order valence-electron chi connectivity index (χ0n) is 18.6. The Labute approximate surface area is 194 Å². The fraction of sp³-hybridized carbons (Fsp3) is 0.385. The Balaban J connectivity index is 1.28. The van der Waals surface area contributed by atoms with Crippen LogP contribution in [0.3, 0.4) is 0 Å². The molecule has 1 saturated heterocycles. The number of amides is 2. The highest BCUT2D eigenvalue weighted by Gasteiger charge is 2.21. The second kappa shape index (κ2) is 10.8. The van der Waals surface area contributed by atoms with Gasteiger partial charge in [0.05, 0.1) is 10.6 Å². The molecule has 2 aliphatic heterocycles. The van der Waals surface area contributed by atoms with Crippen LogP contribution in [0.4, 0.5) is 5.69 Å². The van der Waals surface area contributed by atoms with Gasteiger partial charge in [0.1, 0.15) is 0 Å². The van der Waals surface area contributed by atoms with E-state index in [0.29, 0.717) is 23.1 Å². The predicted molar refractivity (Wildman–Crippen MR) is 132 cm³/mol. The first-order valence-corrected chi connectivity index (χ1v) is 12.4. The Kier molecular flexibility index (Phi) is 7.66. The van der Waals surface area contributed by atoms with Crippen molar-refractivity contribution in [1.82, 2.24) is 10.2 Å². The summed E-state index contributed by atoms with van der Waals surface area (Å²) >= 11 is 1.46. The van der Waals surface area contributed by atoms with Gasteiger partial charge in [0.25, 0.3) is 11.8 Å². The van der Waals surface area contributed by atoms with Crippen LogP contribution in [0.1, 0.15) is 54.9 Å². The Bertz CT molecular complexity index is 987. The lowest BCUT2D eigenvalue weighted by Crippen LogP contribution is -2.40. The first-order valence-electron chi connectivity index (χ1n) is 11.6. The SMILES string of the molecule is CC[C@H]1CCCCN1CCCNC(=O)c1ccc(/C=C2/Sc3ccccc3NC2=O)cc1. The molecule has 2 heterocycles. The zero-order valence-corrected chi connectivity index (χ0v) is 19.4. The van der Waals surface area contributed by atoms with Crippen molar-refractivity contribution < 1.29 is 9.59 Å². The third kappa shape index (κ3) is 5.61. The number of hydrogen-bond acceptors (Lipinski definition) is 4. The van der Waals surface area contributed by atoms with E-state index in [1.165, 1.54) is 44.0 Å². The maximum atomic E-state index is 12.5. The molecular weight excluding hydrogens is 418 g/mol. The first-order chi connectivity index (χ1) is 15.6. The number of benzene rings is 2. The molecular formula is C26H31N3O2S. The van der Waals surface area contributed by atoms with Gasteiger partial charge in [-0.1, -0.05) is 49.4 Å². The molecule has 2 N–H and O–H groups in total. The Morgan fingerprint density at radius 3 is 2.81 bits per heavy atom. The van der Waals surface area contributed by atoms with Crippen molar-refractivity contribution in [2.24, 2.45) is 0 Å². The number of para-hydroxylation sites is 1. The van der Waals surface area contributed by atoms with Crippen molar-refractivity contribution in [2.45, 2.75) is 50.0 Å². The van der Waals surface area contributed by atoms with E-state index in [2.05, 4.69) is 22.5 Å². The number of carbonyl (C=O) groups excluding carboxylic acids is 2. The number of fused-ring (bicyclic) bond motifs is 1. The van der Waals surface area contributed by atoms with Gasteiger partial charge in [-0.05, 0) is 68.1 Å². The molecule has 6 heteroatoms. The van der Waals surface area contributed by atoms with Crippen LogP contribution in [0.5, 0.6) is 0 Å². The van der Waals surface area contributed by atoms with Crippen LogP contribution in [0, 0.1) is 0 Å². The molecule has 168 valence electrons. The molecule has 2 aliphatic rings. The number of nitrogens with one attached hydrogen (secondary N) is 2. The zero-order chi connectivity index (χ0) is 22.3. The second-order valence-electron chi connectivity index (χ2n) is 8.39. The van der Waals surface area contributed by atoms with Crippen LogP contribution in [0.2, 0.25) is 0 Å². The van der Waals surface area contributed by atoms with E-state index in [1.807, 2.05) is 54.6 Å². The number of hydrogen-bond donors (Lipinski definition) is 2. The minimum absolute atomic E-state index is 0.0476. The molecule has 32 heavy (non-hydrogen) atoms. The minimum atomic E-state index is -0.102. The van der Waals surface area contributed by atoms with Gasteiger partial charge in [-0.3, -0.25) is 9.59 Å². The summed E-state index contributed by atoms with van der Waals surface area (Å²) in [5.41, 5.74) is 2.38. The average Bonchev–Trinajstić information content (AvgIpc) is 2.83. The van der Waals surface area contributed by atoms with Gasteiger partial charge >= 0.3 is 0 Å². The van der Waals surface area contributed by atoms with Crippen LogP contribution in [0.25, 0.3) is 6.08 Å². The first kappa shape index (κ1) is 22.6. The number of likely N-dealkylation sites (tertiary alicyclic amines) is 1. The lowest BCUT2D eigenvalue weighted by molar-refractivity contribution is -0.112. The third-order valence-electron chi connectivity index (χ3n) is 6.18. The number of anilines is 1. The van der Waals surface area contributed by atoms with Crippen LogP contribution in [-0.2, 0) is 4.79 Å². The minimum Gasteiger partial charge on any atom is -0.352 e. The highest BCUT2D eigenvalue weighted by molar-refractivity contribution is 8.04. The van der Waals surface area contributed by atoms with Crippen LogP contribution >= 0.6 is 11.8 Å². The summed E-state index contributed by atoms with van der Waals surface area (Å²) in [6.07, 6.45) is 7.98. The van der Waals surface area contributed by atoms with Crippen molar-refractivity contribution >= 4 is 35.3 Å². The number of piperidine rings is 1. The molecule has 1 fully saturated rings. The van der Waals surface area contributed by atoms with Gasteiger partial charge in [-0.25, -0.2) is 0 Å². The summed E-state index contributed by atoms with van der Waals surface area (Å²) in [5.74, 6) is -0.150. The van der Waals surface area contributed by atoms with Crippen molar-refractivity contribution in [2.75, 3.05) is 25.0 Å². The summed E-state index contributed by atoms with van der Waals surface area (Å²) in [7, 11) is 0. The topological polar surface area (TPSA) is 61.4 Å². The van der Waals surface area contributed by atoms with Crippen LogP contribution in [-0.4, -0.2) is 42.4 Å². The molecule has 0 unspecified atom stereocenters. The largest absolute Gasteiger partial charge is 0.352 e. The van der Waals surface area contributed by atoms with Gasteiger partial charge in [-0.15, -0.1) is 0 Å². The molecule has 2 aromatic carbocycles. The fourth-order valence-corrected chi connectivity index (χ4v) is 5.34. The second-order valence-corrected chi connectivity index (χ2v) is 9.47. The van der Waals surface area contributed by atoms with E-state index in [9.17, 15) is 9.59 Å². The van der Waals surface area contributed by atoms with E-state index in [1.54, 1.807) is 0 Å². The molecule has 0 spiro atoms. The van der Waals surface area contributed by atoms with Crippen LogP contribution < -0.4 is 10.6 Å². The Hall–Kier alpha value is -2.57. The monoisotopic (exact) mass is 449 g/mol. The van der Waals surface area contributed by atoms with Gasteiger partial charge in [0.2, 0.25) is 0 Å². The normalized spacial score (nSPS) is 20.0. The van der Waals surface area contributed by atoms with E-state index in [-0.39, 0.29) is 11.8 Å². The summed E-state index contributed by atoms with van der Waals surface area (Å²) in [4.78, 5) is 29.1. The molecule has 0 aliphatic carbocycles. The Morgan fingerprint density at radius 1 is 1.19 bits per heavy atom. The summed E-state index contributed by atoms with van der Waals surface area (Å²) in [6, 6.07) is 15.9. The lowest BCUT2D eigenvalue weighted by Gasteiger charge is -2.35. The van der Waals surface area contributed by atoms with E-state index in [0.717, 1.165) is 29.1 Å². The van der Waals surface area contributed by atoms with Crippen molar-refractivity contribution in [1.29, 1.82) is 0 Å². The summed E-state index contributed by atoms with van der Waals surface area (Å²) < 4.78 is 0. The van der Waals surface area contributed by atoms with E-state index in [4.69, 9.17) is 0 Å². The van der Waals surface area contributed by atoms with Gasteiger partial charge < -0.3 is 15.5 Å². The molecule has 0 bridgehead atoms. The molecule has 2 amide bonds. The average molecular weight is 450 g/mol. The maximum Gasteiger partial charge on any atom is 0.262 e. The number of thioether (sulfide) groups is 1. The number of rotatable bonds is 7. The van der Waals surface area contributed by atoms with Gasteiger partial charge in [0.15, 0.2) is 0 Å². The molecule has 0 radical (unpaired) electrons. The number of nitrogens with zero attached hydrogens (tertiary/aromatic N) is 1. The smallest absolute Gasteiger partial charge is 0.262 e. The van der Waals surface area contributed by atoms with E-state index < -0.39 is 0 Å². The molecule has 0 saturated carbocycles. The van der Waals surface area contributed by atoms with Crippen molar-refractivity contribution in [3.05, 3.63) is 64.6 Å². The highest BCUT2D eigenvalue weighted by Crippen LogP contribution is 2.38. The molecule has 5 nitrogen and oxygen atoms in total. The van der Waals surface area contributed by atoms with Crippen molar-refractivity contribution in [3.8, 4) is 0 Å². The molecule has 0 aromatic heterocycles. The van der Waals surface area contributed by atoms with Gasteiger partial charge in [0, 0.05) is 29.6 Å². The lowest BCUT2D eigenvalue weighted by atomic mass is 10.00. The number of carbonyl (C=O) groups is 2. The van der Waals surface area contributed by atoms with E-state index >= 15 is 0 Å². The Morgan fingerprint density at radius 2 is 2.00 bits per heavy atom. The molecule has 4 rings (SSSR count). The standard InChI is InChI=1S/C26H31N3O2S/c1-2-21-8-5-6-16-29(21)17-7-15-27-25(30)20-13-11-19(12-14-20)18-24-26(31)28-22-9-3-4-10-23(22)32-24/h3-4,9-14,18,21H,2,5-8,15-17H2,1H3,(H,27,30)(H,28,31)/b24-18+/t21-/m0/s1. The molecule has 2 aromatic rings. The summed E-state index contributed by atoms with van der Waals surface area (Å²) in [5, 5.41) is 5.96. The fourth-order valence-electron chi connectivity index (χ4n) is 4.39. The van der Waals surface area contributed by atoms with Crippen LogP contribution in [0.15, 0.2) is 58.3 Å². The predicted octanol–water partition coefficient (Wildman–Crippen LogP) is 5.16. The summed E-state index contributed by atoms with van der Waals surface area (Å²) in [6.45, 7) is 5.19. The van der Waals surface area contributed by atoms with Crippen molar-refractivity contribution in [3.63, 3.8) is 0 Å². The highest BCUT2D eigenvalue weighted by atomic mass is 32.2. The quantitative estimate of drug-likeness (QED) is 0.453. The maximum absolute atomic E-state index is 12.5. The van der Waals surface area contributed by atoms with Gasteiger partial charge in [-0.2, -0.15) is 0 Å². The third-order valence-corrected chi connectivity index (χ3v) is 7.28.